The molecule has 0 unspecified atom stereocenters. The first-order valence-corrected chi connectivity index (χ1v) is 3.83. The molecule has 0 radical (unpaired) electrons. The summed E-state index contributed by atoms with van der Waals surface area (Å²) >= 11 is 0. The van der Waals surface area contributed by atoms with Crippen LogP contribution in [0.5, 0.6) is 0 Å². The summed E-state index contributed by atoms with van der Waals surface area (Å²) in [5, 5.41) is 0. The zero-order chi connectivity index (χ0) is 9.56. The molecule has 0 rings (SSSR count). The van der Waals surface area contributed by atoms with E-state index in [1.165, 1.54) is 6.08 Å². The number of nitrogens with two attached hydrogens (primary N) is 1. The lowest BCUT2D eigenvalue weighted by atomic mass is 10.4. The Morgan fingerprint density at radius 3 is 2.58 bits per heavy atom. The largest absolute Gasteiger partial charge is 0.463 e. The van der Waals surface area contributed by atoms with E-state index in [1.54, 1.807) is 6.92 Å². The van der Waals surface area contributed by atoms with E-state index in [9.17, 15) is 4.79 Å². The standard InChI is InChI=1S/C8H16N2O2/c1-4-12-8(11)5-7(9)6-10(2)3/h5H,4,6,9H2,1-3H3. The van der Waals surface area contributed by atoms with Crippen molar-refractivity contribution in [1.82, 2.24) is 4.90 Å². The van der Waals surface area contributed by atoms with Gasteiger partial charge < -0.3 is 15.4 Å². The molecule has 0 atom stereocenters. The van der Waals surface area contributed by atoms with Gasteiger partial charge in [-0.1, -0.05) is 0 Å². The Hall–Kier alpha value is -1.03. The van der Waals surface area contributed by atoms with Crippen LogP contribution in [0.4, 0.5) is 0 Å². The van der Waals surface area contributed by atoms with Gasteiger partial charge in [0, 0.05) is 18.3 Å². The van der Waals surface area contributed by atoms with E-state index in [0.717, 1.165) is 0 Å². The fraction of sp³-hybridized carbons (Fsp3) is 0.625. The molecular weight excluding hydrogens is 156 g/mol. The maximum absolute atomic E-state index is 10.8. The molecule has 12 heavy (non-hydrogen) atoms. The van der Waals surface area contributed by atoms with E-state index < -0.39 is 0 Å². The van der Waals surface area contributed by atoms with Gasteiger partial charge in [0.25, 0.3) is 0 Å². The van der Waals surface area contributed by atoms with Crippen LogP contribution in [0, 0.1) is 0 Å². The third kappa shape index (κ3) is 5.73. The van der Waals surface area contributed by atoms with Crippen LogP contribution in [0.1, 0.15) is 6.92 Å². The molecule has 0 aromatic heterocycles. The second-order valence-corrected chi connectivity index (χ2v) is 2.71. The number of likely N-dealkylation sites (N-methyl/N-ethyl adjacent to an activating group) is 1. The van der Waals surface area contributed by atoms with Gasteiger partial charge in [-0.3, -0.25) is 0 Å². The van der Waals surface area contributed by atoms with Crippen LogP contribution in [0.2, 0.25) is 0 Å². The lowest BCUT2D eigenvalue weighted by Gasteiger charge is -2.08. The van der Waals surface area contributed by atoms with Gasteiger partial charge in [-0.2, -0.15) is 0 Å². The number of ether oxygens (including phenoxy) is 1. The van der Waals surface area contributed by atoms with Crippen molar-refractivity contribution in [2.24, 2.45) is 5.73 Å². The summed E-state index contributed by atoms with van der Waals surface area (Å²) in [4.78, 5) is 12.7. The normalized spacial score (nSPS) is 11.8. The van der Waals surface area contributed by atoms with Crippen LogP contribution in [-0.2, 0) is 9.53 Å². The van der Waals surface area contributed by atoms with Crippen molar-refractivity contribution in [3.8, 4) is 0 Å². The first kappa shape index (κ1) is 11.0. The number of rotatable bonds is 4. The molecule has 0 aliphatic carbocycles. The van der Waals surface area contributed by atoms with Crippen molar-refractivity contribution in [2.75, 3.05) is 27.2 Å². The number of hydrogen-bond acceptors (Lipinski definition) is 4. The Labute approximate surface area is 73.0 Å². The molecule has 2 N–H and O–H groups in total. The van der Waals surface area contributed by atoms with E-state index >= 15 is 0 Å². The molecule has 0 amide bonds. The minimum atomic E-state index is -0.378. The fourth-order valence-electron chi connectivity index (χ4n) is 0.746. The summed E-state index contributed by atoms with van der Waals surface area (Å²) < 4.78 is 4.68. The number of hydrogen-bond donors (Lipinski definition) is 1. The minimum Gasteiger partial charge on any atom is -0.463 e. The Morgan fingerprint density at radius 2 is 2.17 bits per heavy atom. The predicted molar refractivity (Wildman–Crippen MR) is 47.5 cm³/mol. The molecule has 0 saturated heterocycles. The van der Waals surface area contributed by atoms with Gasteiger partial charge in [-0.05, 0) is 21.0 Å². The quantitative estimate of drug-likeness (QED) is 0.477. The average Bonchev–Trinajstić information content (AvgIpc) is 1.84. The Bertz CT molecular complexity index is 176. The van der Waals surface area contributed by atoms with Crippen LogP contribution in [0.15, 0.2) is 11.8 Å². The van der Waals surface area contributed by atoms with Crippen LogP contribution in [0.25, 0.3) is 0 Å². The number of carbonyl (C=O) groups excluding carboxylic acids is 1. The topological polar surface area (TPSA) is 55.6 Å². The third-order valence-electron chi connectivity index (χ3n) is 1.09. The summed E-state index contributed by atoms with van der Waals surface area (Å²) in [6, 6.07) is 0. The Kier molecular flexibility index (Phi) is 5.12. The highest BCUT2D eigenvalue weighted by Crippen LogP contribution is 1.89. The van der Waals surface area contributed by atoms with E-state index in [2.05, 4.69) is 4.74 Å². The van der Waals surface area contributed by atoms with Crippen molar-refractivity contribution < 1.29 is 9.53 Å². The first-order valence-electron chi connectivity index (χ1n) is 3.83. The molecule has 0 bridgehead atoms. The molecule has 0 aromatic carbocycles. The van der Waals surface area contributed by atoms with Crippen molar-refractivity contribution in [3.63, 3.8) is 0 Å². The first-order chi connectivity index (χ1) is 5.56. The Morgan fingerprint density at radius 1 is 1.58 bits per heavy atom. The molecular formula is C8H16N2O2. The smallest absolute Gasteiger partial charge is 0.332 e. The summed E-state index contributed by atoms with van der Waals surface area (Å²) in [5.74, 6) is -0.378. The summed E-state index contributed by atoms with van der Waals surface area (Å²) in [6.07, 6.45) is 1.31. The molecule has 70 valence electrons. The van der Waals surface area contributed by atoms with Gasteiger partial charge in [0.05, 0.1) is 6.61 Å². The number of esters is 1. The maximum atomic E-state index is 10.8. The summed E-state index contributed by atoms with van der Waals surface area (Å²) in [7, 11) is 3.76. The predicted octanol–water partition coefficient (Wildman–Crippen LogP) is -0.0463. The van der Waals surface area contributed by atoms with E-state index in [-0.39, 0.29) is 5.97 Å². The van der Waals surface area contributed by atoms with Gasteiger partial charge in [0.15, 0.2) is 0 Å². The highest BCUT2D eigenvalue weighted by atomic mass is 16.5. The van der Waals surface area contributed by atoms with Crippen molar-refractivity contribution >= 4 is 5.97 Å². The van der Waals surface area contributed by atoms with Crippen molar-refractivity contribution in [1.29, 1.82) is 0 Å². The fourth-order valence-corrected chi connectivity index (χ4v) is 0.746. The molecule has 0 aliphatic rings. The highest BCUT2D eigenvalue weighted by molar-refractivity contribution is 5.82. The maximum Gasteiger partial charge on any atom is 0.332 e. The van der Waals surface area contributed by atoms with Gasteiger partial charge in [-0.15, -0.1) is 0 Å². The van der Waals surface area contributed by atoms with E-state index in [1.807, 2.05) is 19.0 Å². The lowest BCUT2D eigenvalue weighted by molar-refractivity contribution is -0.137. The van der Waals surface area contributed by atoms with Crippen LogP contribution in [0.3, 0.4) is 0 Å². The minimum absolute atomic E-state index is 0.378. The zero-order valence-electron chi connectivity index (χ0n) is 7.83. The van der Waals surface area contributed by atoms with E-state index in [4.69, 9.17) is 5.73 Å². The SMILES string of the molecule is CCOC(=O)C=C(N)CN(C)C. The van der Waals surface area contributed by atoms with Crippen LogP contribution in [-0.4, -0.2) is 38.1 Å². The molecule has 0 fully saturated rings. The lowest BCUT2D eigenvalue weighted by Crippen LogP contribution is -2.20. The highest BCUT2D eigenvalue weighted by Gasteiger charge is 1.99. The van der Waals surface area contributed by atoms with Gasteiger partial charge in [0.1, 0.15) is 0 Å². The van der Waals surface area contributed by atoms with Crippen LogP contribution >= 0.6 is 0 Å². The van der Waals surface area contributed by atoms with Crippen LogP contribution < -0.4 is 5.73 Å². The molecule has 0 heterocycles. The Balaban J connectivity index is 3.89. The average molecular weight is 172 g/mol. The molecule has 0 saturated carbocycles. The second kappa shape index (κ2) is 5.60. The van der Waals surface area contributed by atoms with Gasteiger partial charge in [0.2, 0.25) is 0 Å². The van der Waals surface area contributed by atoms with Crippen molar-refractivity contribution in [3.05, 3.63) is 11.8 Å². The molecule has 0 aliphatic heterocycles. The molecule has 4 heteroatoms. The monoisotopic (exact) mass is 172 g/mol. The molecule has 0 aromatic rings. The second-order valence-electron chi connectivity index (χ2n) is 2.71. The zero-order valence-corrected chi connectivity index (χ0v) is 7.83. The van der Waals surface area contributed by atoms with E-state index in [0.29, 0.717) is 18.8 Å². The van der Waals surface area contributed by atoms with Gasteiger partial charge in [-0.25, -0.2) is 4.79 Å². The summed E-state index contributed by atoms with van der Waals surface area (Å²) in [6.45, 7) is 2.71. The molecule has 0 spiro atoms. The number of nitrogens with zero attached hydrogens (tertiary/aromatic N) is 1. The van der Waals surface area contributed by atoms with Gasteiger partial charge >= 0.3 is 5.97 Å². The number of carbonyl (C=O) groups is 1. The third-order valence-corrected chi connectivity index (χ3v) is 1.09. The summed E-state index contributed by atoms with van der Waals surface area (Å²) in [5.41, 5.74) is 6.04. The molecule has 4 nitrogen and oxygen atoms in total. The van der Waals surface area contributed by atoms with Crippen molar-refractivity contribution in [2.45, 2.75) is 6.92 Å².